The van der Waals surface area contributed by atoms with Gasteiger partial charge in [0.25, 0.3) is 0 Å². The summed E-state index contributed by atoms with van der Waals surface area (Å²) < 4.78 is 0. The van der Waals surface area contributed by atoms with Gasteiger partial charge in [0, 0.05) is 18.2 Å². The summed E-state index contributed by atoms with van der Waals surface area (Å²) in [5.74, 6) is 0. The molecule has 1 N–H and O–H groups in total. The molecule has 0 saturated heterocycles. The van der Waals surface area contributed by atoms with Crippen LogP contribution in [0.4, 0.5) is 0 Å². The second-order valence-electron chi connectivity index (χ2n) is 4.11. The Balaban J connectivity index is 2.28. The smallest absolute Gasteiger partial charge is 0.0451 e. The number of hydrogen-bond acceptors (Lipinski definition) is 2. The Bertz CT molecular complexity index is 304. The van der Waals surface area contributed by atoms with Gasteiger partial charge in [-0.2, -0.15) is 0 Å². The molecule has 0 aliphatic heterocycles. The molecule has 1 aromatic carbocycles. The number of nitrogens with zero attached hydrogens (tertiary/aromatic N) is 1. The topological polar surface area (TPSA) is 23.5 Å². The highest BCUT2D eigenvalue weighted by molar-refractivity contribution is 6.31. The number of hydrogen-bond donors (Lipinski definition) is 1. The molecule has 90 valence electrons. The molecule has 0 fully saturated rings. The molecule has 0 amide bonds. The van der Waals surface area contributed by atoms with E-state index in [1.54, 1.807) is 0 Å². The summed E-state index contributed by atoms with van der Waals surface area (Å²) in [5.41, 5.74) is 1.17. The summed E-state index contributed by atoms with van der Waals surface area (Å²) in [5, 5.41) is 9.51. The van der Waals surface area contributed by atoms with Crippen LogP contribution >= 0.6 is 11.6 Å². The van der Waals surface area contributed by atoms with E-state index in [0.29, 0.717) is 6.61 Å². The molecule has 0 spiro atoms. The van der Waals surface area contributed by atoms with Crippen LogP contribution in [-0.2, 0) is 6.54 Å². The van der Waals surface area contributed by atoms with Gasteiger partial charge in [0.1, 0.15) is 0 Å². The van der Waals surface area contributed by atoms with Gasteiger partial charge in [-0.3, -0.25) is 0 Å². The lowest BCUT2D eigenvalue weighted by Crippen LogP contribution is -2.19. The van der Waals surface area contributed by atoms with Gasteiger partial charge in [-0.15, -0.1) is 0 Å². The van der Waals surface area contributed by atoms with Crippen LogP contribution in [0.2, 0.25) is 5.02 Å². The molecule has 0 unspecified atom stereocenters. The van der Waals surface area contributed by atoms with Gasteiger partial charge in [-0.1, -0.05) is 29.8 Å². The van der Waals surface area contributed by atoms with Crippen molar-refractivity contribution in [2.75, 3.05) is 20.2 Å². The molecule has 0 saturated carbocycles. The van der Waals surface area contributed by atoms with E-state index in [0.717, 1.165) is 37.4 Å². The van der Waals surface area contributed by atoms with E-state index < -0.39 is 0 Å². The average Bonchev–Trinajstić information content (AvgIpc) is 2.28. The van der Waals surface area contributed by atoms with E-state index in [-0.39, 0.29) is 0 Å². The highest BCUT2D eigenvalue weighted by Crippen LogP contribution is 2.16. The quantitative estimate of drug-likeness (QED) is 0.742. The molecule has 3 heteroatoms. The Labute approximate surface area is 103 Å². The predicted molar refractivity (Wildman–Crippen MR) is 68.7 cm³/mol. The molecule has 0 aliphatic carbocycles. The van der Waals surface area contributed by atoms with Crippen molar-refractivity contribution in [1.29, 1.82) is 0 Å². The van der Waals surface area contributed by atoms with E-state index >= 15 is 0 Å². The molecule has 0 atom stereocenters. The number of rotatable bonds is 7. The zero-order valence-electron chi connectivity index (χ0n) is 9.82. The zero-order valence-corrected chi connectivity index (χ0v) is 10.6. The molecular formula is C13H20ClNO. The van der Waals surface area contributed by atoms with Gasteiger partial charge in [-0.25, -0.2) is 0 Å². The van der Waals surface area contributed by atoms with Gasteiger partial charge < -0.3 is 10.0 Å². The van der Waals surface area contributed by atoms with E-state index in [4.69, 9.17) is 16.7 Å². The monoisotopic (exact) mass is 241 g/mol. The van der Waals surface area contributed by atoms with Crippen LogP contribution in [0.25, 0.3) is 0 Å². The minimum absolute atomic E-state index is 0.300. The van der Waals surface area contributed by atoms with Crippen molar-refractivity contribution in [3.63, 3.8) is 0 Å². The number of benzene rings is 1. The second-order valence-corrected chi connectivity index (χ2v) is 4.52. The Morgan fingerprint density at radius 2 is 1.94 bits per heavy atom. The van der Waals surface area contributed by atoms with Crippen LogP contribution in [0.1, 0.15) is 24.8 Å². The van der Waals surface area contributed by atoms with Crippen molar-refractivity contribution in [3.8, 4) is 0 Å². The lowest BCUT2D eigenvalue weighted by Gasteiger charge is -2.17. The summed E-state index contributed by atoms with van der Waals surface area (Å²) in [6.45, 7) is 2.23. The molecule has 0 aliphatic rings. The fourth-order valence-electron chi connectivity index (χ4n) is 1.67. The number of aliphatic hydroxyl groups excluding tert-OH is 1. The molecule has 2 nitrogen and oxygen atoms in total. The van der Waals surface area contributed by atoms with Crippen molar-refractivity contribution in [3.05, 3.63) is 34.9 Å². The molecule has 0 aromatic heterocycles. The van der Waals surface area contributed by atoms with E-state index in [2.05, 4.69) is 18.0 Å². The lowest BCUT2D eigenvalue weighted by atomic mass is 10.2. The number of unbranched alkanes of at least 4 members (excludes halogenated alkanes) is 2. The summed E-state index contributed by atoms with van der Waals surface area (Å²) in [4.78, 5) is 2.26. The SMILES string of the molecule is CN(CCCCCO)Cc1ccccc1Cl. The maximum Gasteiger partial charge on any atom is 0.0451 e. The summed E-state index contributed by atoms with van der Waals surface area (Å²) in [6.07, 6.45) is 3.12. The first-order valence-electron chi connectivity index (χ1n) is 5.77. The van der Waals surface area contributed by atoms with Crippen molar-refractivity contribution >= 4 is 11.6 Å². The first kappa shape index (κ1) is 13.5. The van der Waals surface area contributed by atoms with Gasteiger partial charge in [0.15, 0.2) is 0 Å². The van der Waals surface area contributed by atoms with Crippen LogP contribution < -0.4 is 0 Å². The Morgan fingerprint density at radius 3 is 2.62 bits per heavy atom. The largest absolute Gasteiger partial charge is 0.396 e. The van der Waals surface area contributed by atoms with Crippen molar-refractivity contribution in [1.82, 2.24) is 4.90 Å². The van der Waals surface area contributed by atoms with Crippen LogP contribution in [0.15, 0.2) is 24.3 Å². The minimum Gasteiger partial charge on any atom is -0.396 e. The van der Waals surface area contributed by atoms with Crippen LogP contribution in [-0.4, -0.2) is 30.2 Å². The van der Waals surface area contributed by atoms with Gasteiger partial charge in [0.05, 0.1) is 0 Å². The lowest BCUT2D eigenvalue weighted by molar-refractivity contribution is 0.271. The Hall–Kier alpha value is -0.570. The van der Waals surface area contributed by atoms with Crippen LogP contribution in [0, 0.1) is 0 Å². The summed E-state index contributed by atoms with van der Waals surface area (Å²) in [7, 11) is 2.10. The third kappa shape index (κ3) is 4.97. The highest BCUT2D eigenvalue weighted by atomic mass is 35.5. The van der Waals surface area contributed by atoms with Crippen LogP contribution in [0.5, 0.6) is 0 Å². The van der Waals surface area contributed by atoms with Gasteiger partial charge in [-0.05, 0) is 44.5 Å². The molecule has 0 heterocycles. The molecule has 0 bridgehead atoms. The minimum atomic E-state index is 0.300. The summed E-state index contributed by atoms with van der Waals surface area (Å²) in [6, 6.07) is 7.96. The molecule has 1 rings (SSSR count). The predicted octanol–water partition coefficient (Wildman–Crippen LogP) is 2.93. The summed E-state index contributed by atoms with van der Waals surface area (Å²) >= 11 is 6.09. The third-order valence-electron chi connectivity index (χ3n) is 2.60. The zero-order chi connectivity index (χ0) is 11.8. The Morgan fingerprint density at radius 1 is 1.19 bits per heavy atom. The fourth-order valence-corrected chi connectivity index (χ4v) is 1.86. The number of halogens is 1. The third-order valence-corrected chi connectivity index (χ3v) is 2.96. The second kappa shape index (κ2) is 7.66. The Kier molecular flexibility index (Phi) is 6.46. The standard InChI is InChI=1S/C13H20ClNO/c1-15(9-5-2-6-10-16)11-12-7-3-4-8-13(12)14/h3-4,7-8,16H,2,5-6,9-11H2,1H3. The average molecular weight is 242 g/mol. The molecule has 0 radical (unpaired) electrons. The fraction of sp³-hybridized carbons (Fsp3) is 0.538. The molecular weight excluding hydrogens is 222 g/mol. The normalized spacial score (nSPS) is 11.0. The first-order chi connectivity index (χ1) is 7.74. The molecule has 16 heavy (non-hydrogen) atoms. The first-order valence-corrected chi connectivity index (χ1v) is 6.14. The number of aliphatic hydroxyl groups is 1. The van der Waals surface area contributed by atoms with Gasteiger partial charge in [0.2, 0.25) is 0 Å². The van der Waals surface area contributed by atoms with E-state index in [9.17, 15) is 0 Å². The molecule has 1 aromatic rings. The van der Waals surface area contributed by atoms with E-state index in [1.165, 1.54) is 5.56 Å². The maximum atomic E-state index is 8.67. The van der Waals surface area contributed by atoms with Gasteiger partial charge >= 0.3 is 0 Å². The highest BCUT2D eigenvalue weighted by Gasteiger charge is 2.03. The van der Waals surface area contributed by atoms with Crippen molar-refractivity contribution < 1.29 is 5.11 Å². The van der Waals surface area contributed by atoms with E-state index in [1.807, 2.05) is 18.2 Å². The van der Waals surface area contributed by atoms with Crippen LogP contribution in [0.3, 0.4) is 0 Å². The van der Waals surface area contributed by atoms with Crippen molar-refractivity contribution in [2.45, 2.75) is 25.8 Å². The maximum absolute atomic E-state index is 8.67. The van der Waals surface area contributed by atoms with Crippen molar-refractivity contribution in [2.24, 2.45) is 0 Å².